The molecular formula is C14H15N3OS. The molecule has 0 radical (unpaired) electrons. The van der Waals surface area contributed by atoms with E-state index >= 15 is 0 Å². The van der Waals surface area contributed by atoms with Crippen molar-refractivity contribution in [1.29, 1.82) is 0 Å². The van der Waals surface area contributed by atoms with Gasteiger partial charge in [-0.25, -0.2) is 0 Å². The molecule has 0 saturated carbocycles. The summed E-state index contributed by atoms with van der Waals surface area (Å²) in [6.45, 7) is 0. The molecule has 1 aromatic heterocycles. The quantitative estimate of drug-likeness (QED) is 0.903. The van der Waals surface area contributed by atoms with Gasteiger partial charge >= 0.3 is 0 Å². The molecule has 1 atom stereocenters. The van der Waals surface area contributed by atoms with Gasteiger partial charge < -0.3 is 10.6 Å². The Morgan fingerprint density at radius 2 is 2.21 bits per heavy atom. The fourth-order valence-electron chi connectivity index (χ4n) is 2.29. The van der Waals surface area contributed by atoms with Gasteiger partial charge in [0.25, 0.3) is 0 Å². The number of carbonyl (C=O) groups is 1. The van der Waals surface area contributed by atoms with E-state index in [4.69, 9.17) is 0 Å². The first kappa shape index (κ1) is 12.3. The first-order valence-electron chi connectivity index (χ1n) is 6.23. The molecule has 19 heavy (non-hydrogen) atoms. The highest BCUT2D eigenvalue weighted by atomic mass is 32.2. The van der Waals surface area contributed by atoms with Crippen LogP contribution < -0.4 is 10.6 Å². The van der Waals surface area contributed by atoms with Crippen molar-refractivity contribution in [2.45, 2.75) is 12.5 Å². The smallest absolute Gasteiger partial charge is 0.246 e. The van der Waals surface area contributed by atoms with Crippen LogP contribution in [0.3, 0.4) is 0 Å². The van der Waals surface area contributed by atoms with Gasteiger partial charge in [-0.1, -0.05) is 18.2 Å². The number of nitrogens with zero attached hydrogens (tertiary/aromatic N) is 1. The average Bonchev–Trinajstić information content (AvgIpc) is 2.45. The van der Waals surface area contributed by atoms with E-state index < -0.39 is 0 Å². The lowest BCUT2D eigenvalue weighted by atomic mass is 10.1. The SMILES string of the molecule is CSCCC1Nc2c(cnc3ccccc23)NC1=O. The minimum atomic E-state index is -0.161. The van der Waals surface area contributed by atoms with E-state index in [1.165, 1.54) is 0 Å². The van der Waals surface area contributed by atoms with Crippen LogP contribution in [0.4, 0.5) is 11.4 Å². The number of pyridine rings is 1. The summed E-state index contributed by atoms with van der Waals surface area (Å²) >= 11 is 1.75. The molecule has 98 valence electrons. The average molecular weight is 273 g/mol. The van der Waals surface area contributed by atoms with Crippen molar-refractivity contribution in [3.63, 3.8) is 0 Å². The van der Waals surface area contributed by atoms with Gasteiger partial charge in [-0.05, 0) is 24.5 Å². The molecule has 1 aliphatic heterocycles. The largest absolute Gasteiger partial charge is 0.371 e. The van der Waals surface area contributed by atoms with E-state index in [2.05, 4.69) is 15.6 Å². The molecule has 0 aliphatic carbocycles. The van der Waals surface area contributed by atoms with Crippen LogP contribution in [0.1, 0.15) is 6.42 Å². The monoisotopic (exact) mass is 273 g/mol. The van der Waals surface area contributed by atoms with Gasteiger partial charge in [-0.15, -0.1) is 0 Å². The first-order valence-corrected chi connectivity index (χ1v) is 7.63. The molecule has 1 aliphatic rings. The molecule has 0 fully saturated rings. The van der Waals surface area contributed by atoms with Crippen molar-refractivity contribution in [2.24, 2.45) is 0 Å². The van der Waals surface area contributed by atoms with Gasteiger partial charge in [-0.3, -0.25) is 9.78 Å². The predicted molar refractivity (Wildman–Crippen MR) is 80.8 cm³/mol. The Hall–Kier alpha value is -1.75. The zero-order valence-corrected chi connectivity index (χ0v) is 11.5. The standard InChI is InChI=1S/C14H15N3OS/c1-19-7-6-11-14(18)17-12-8-15-10-5-3-2-4-9(10)13(12)16-11/h2-5,8,11,16H,6-7H2,1H3,(H,17,18). The number of thioether (sulfide) groups is 1. The third-order valence-corrected chi connectivity index (χ3v) is 3.92. The van der Waals surface area contributed by atoms with Gasteiger partial charge in [0.1, 0.15) is 6.04 Å². The molecule has 5 heteroatoms. The number of nitrogens with one attached hydrogen (secondary N) is 2. The number of para-hydroxylation sites is 1. The molecule has 3 rings (SSSR count). The minimum absolute atomic E-state index is 0.0265. The highest BCUT2D eigenvalue weighted by molar-refractivity contribution is 7.98. The van der Waals surface area contributed by atoms with Crippen LogP contribution in [0.15, 0.2) is 30.5 Å². The van der Waals surface area contributed by atoms with E-state index in [1.807, 2.05) is 30.5 Å². The highest BCUT2D eigenvalue weighted by Crippen LogP contribution is 2.33. The summed E-state index contributed by atoms with van der Waals surface area (Å²) < 4.78 is 0. The topological polar surface area (TPSA) is 54.0 Å². The van der Waals surface area contributed by atoms with Crippen molar-refractivity contribution < 1.29 is 4.79 Å². The van der Waals surface area contributed by atoms with Crippen molar-refractivity contribution in [2.75, 3.05) is 22.6 Å². The van der Waals surface area contributed by atoms with E-state index in [-0.39, 0.29) is 11.9 Å². The third-order valence-electron chi connectivity index (χ3n) is 3.28. The van der Waals surface area contributed by atoms with Gasteiger partial charge in [0.05, 0.1) is 23.1 Å². The molecule has 1 unspecified atom stereocenters. The van der Waals surface area contributed by atoms with Crippen LogP contribution in [0.2, 0.25) is 0 Å². The molecule has 1 aromatic carbocycles. The Morgan fingerprint density at radius 3 is 3.05 bits per heavy atom. The lowest BCUT2D eigenvalue weighted by Gasteiger charge is -2.27. The van der Waals surface area contributed by atoms with E-state index in [1.54, 1.807) is 18.0 Å². The molecular weight excluding hydrogens is 258 g/mol. The summed E-state index contributed by atoms with van der Waals surface area (Å²) in [5.74, 6) is 0.988. The lowest BCUT2D eigenvalue weighted by Crippen LogP contribution is -2.39. The maximum Gasteiger partial charge on any atom is 0.246 e. The predicted octanol–water partition coefficient (Wildman–Crippen LogP) is 2.72. The first-order chi connectivity index (χ1) is 9.29. The minimum Gasteiger partial charge on any atom is -0.371 e. The normalized spacial score (nSPS) is 17.7. The van der Waals surface area contributed by atoms with Crippen molar-refractivity contribution in [3.8, 4) is 0 Å². The highest BCUT2D eigenvalue weighted by Gasteiger charge is 2.26. The van der Waals surface area contributed by atoms with Crippen LogP contribution in [0.5, 0.6) is 0 Å². The number of amides is 1. The van der Waals surface area contributed by atoms with E-state index in [0.29, 0.717) is 0 Å². The maximum atomic E-state index is 12.0. The summed E-state index contributed by atoms with van der Waals surface area (Å²) in [5, 5.41) is 7.35. The number of benzene rings is 1. The molecule has 0 bridgehead atoms. The lowest BCUT2D eigenvalue weighted by molar-refractivity contribution is -0.117. The molecule has 2 heterocycles. The second-order valence-corrected chi connectivity index (χ2v) is 5.52. The van der Waals surface area contributed by atoms with Crippen LogP contribution in [-0.2, 0) is 4.79 Å². The second kappa shape index (κ2) is 5.09. The fourth-order valence-corrected chi connectivity index (χ4v) is 2.76. The van der Waals surface area contributed by atoms with Gasteiger partial charge in [0.2, 0.25) is 5.91 Å². The number of rotatable bonds is 3. The van der Waals surface area contributed by atoms with Gasteiger partial charge in [0, 0.05) is 5.39 Å². The Morgan fingerprint density at radius 1 is 1.37 bits per heavy atom. The van der Waals surface area contributed by atoms with Crippen molar-refractivity contribution in [3.05, 3.63) is 30.5 Å². The zero-order chi connectivity index (χ0) is 13.2. The molecule has 1 amide bonds. The molecule has 0 spiro atoms. The Balaban J connectivity index is 2.01. The summed E-state index contributed by atoms with van der Waals surface area (Å²) in [4.78, 5) is 16.3. The van der Waals surface area contributed by atoms with Crippen LogP contribution in [-0.4, -0.2) is 28.9 Å². The number of carbonyl (C=O) groups excluding carboxylic acids is 1. The number of anilines is 2. The fraction of sp³-hybridized carbons (Fsp3) is 0.286. The molecule has 0 saturated heterocycles. The van der Waals surface area contributed by atoms with E-state index in [9.17, 15) is 4.79 Å². The second-order valence-electron chi connectivity index (χ2n) is 4.53. The van der Waals surface area contributed by atoms with Crippen molar-refractivity contribution in [1.82, 2.24) is 4.98 Å². The van der Waals surface area contributed by atoms with Gasteiger partial charge in [0.15, 0.2) is 0 Å². The molecule has 2 N–H and O–H groups in total. The summed E-state index contributed by atoms with van der Waals surface area (Å²) in [5.41, 5.74) is 2.69. The van der Waals surface area contributed by atoms with Crippen LogP contribution in [0, 0.1) is 0 Å². The Kier molecular flexibility index (Phi) is 3.29. The third kappa shape index (κ3) is 2.26. The zero-order valence-electron chi connectivity index (χ0n) is 10.6. The van der Waals surface area contributed by atoms with Crippen LogP contribution in [0.25, 0.3) is 10.9 Å². The Bertz CT molecular complexity index is 629. The summed E-state index contributed by atoms with van der Waals surface area (Å²) in [6.07, 6.45) is 4.59. The summed E-state index contributed by atoms with van der Waals surface area (Å²) in [6, 6.07) is 7.79. The van der Waals surface area contributed by atoms with Crippen LogP contribution >= 0.6 is 11.8 Å². The maximum absolute atomic E-state index is 12.0. The van der Waals surface area contributed by atoms with Gasteiger partial charge in [-0.2, -0.15) is 11.8 Å². The number of hydrogen-bond donors (Lipinski definition) is 2. The number of aromatic nitrogens is 1. The molecule has 2 aromatic rings. The molecule has 4 nitrogen and oxygen atoms in total. The van der Waals surface area contributed by atoms with E-state index in [0.717, 1.165) is 34.5 Å². The number of fused-ring (bicyclic) bond motifs is 3. The number of hydrogen-bond acceptors (Lipinski definition) is 4. The van der Waals surface area contributed by atoms with Crippen molar-refractivity contribution >= 4 is 39.9 Å². The summed E-state index contributed by atoms with van der Waals surface area (Å²) in [7, 11) is 0. The Labute approximate surface area is 116 Å².